The van der Waals surface area contributed by atoms with Gasteiger partial charge in [0, 0.05) is 23.8 Å². The molecule has 0 aliphatic carbocycles. The Bertz CT molecular complexity index is 511. The Hall–Kier alpha value is -1.68. The second-order valence-corrected chi connectivity index (χ2v) is 3.71. The first-order valence-corrected chi connectivity index (χ1v) is 5.01. The average Bonchev–Trinajstić information content (AvgIpc) is 2.75. The van der Waals surface area contributed by atoms with Crippen LogP contribution in [0.4, 0.5) is 4.39 Å². The van der Waals surface area contributed by atoms with Crippen molar-refractivity contribution in [1.29, 1.82) is 0 Å². The molecule has 2 aromatic rings. The molecule has 0 bridgehead atoms. The van der Waals surface area contributed by atoms with Crippen molar-refractivity contribution >= 4 is 17.4 Å². The quantitative estimate of drug-likeness (QED) is 0.836. The number of halogens is 2. The van der Waals surface area contributed by atoms with Crippen LogP contribution in [0, 0.1) is 5.82 Å². The Balaban J connectivity index is 2.18. The number of aromatic nitrogens is 2. The number of nitrogens with one attached hydrogen (secondary N) is 1. The number of hydrogen-bond acceptors (Lipinski definition) is 2. The molecule has 2 rings (SSSR count). The molecule has 0 aliphatic heterocycles. The third-order valence-electron chi connectivity index (χ3n) is 2.13. The number of benzene rings is 1. The van der Waals surface area contributed by atoms with Crippen molar-refractivity contribution in [3.05, 3.63) is 52.8 Å². The minimum atomic E-state index is -0.479. The lowest BCUT2D eigenvalue weighted by atomic mass is 10.1. The molecule has 0 aliphatic rings. The van der Waals surface area contributed by atoms with Crippen LogP contribution in [0.2, 0.25) is 5.02 Å². The molecule has 3 nitrogen and oxygen atoms in total. The smallest absolute Gasteiger partial charge is 0.202 e. The lowest BCUT2D eigenvalue weighted by molar-refractivity contribution is 0.0983. The van der Waals surface area contributed by atoms with Crippen LogP contribution in [0.25, 0.3) is 0 Å². The fourth-order valence-corrected chi connectivity index (χ4v) is 1.50. The van der Waals surface area contributed by atoms with Crippen LogP contribution < -0.4 is 0 Å². The maximum absolute atomic E-state index is 13.4. The molecule has 1 aromatic carbocycles. The highest BCUT2D eigenvalue weighted by molar-refractivity contribution is 6.30. The van der Waals surface area contributed by atoms with Crippen LogP contribution in [0.15, 0.2) is 30.6 Å². The number of H-pyrrole nitrogens is 1. The predicted octanol–water partition coefficient (Wildman–Crippen LogP) is 2.63. The molecule has 0 unspecified atom stereocenters. The highest BCUT2D eigenvalue weighted by Crippen LogP contribution is 2.15. The zero-order valence-corrected chi connectivity index (χ0v) is 8.96. The van der Waals surface area contributed by atoms with Gasteiger partial charge in [0.15, 0.2) is 5.82 Å². The van der Waals surface area contributed by atoms with Gasteiger partial charge < -0.3 is 4.98 Å². The van der Waals surface area contributed by atoms with Crippen molar-refractivity contribution in [2.45, 2.75) is 6.42 Å². The van der Waals surface area contributed by atoms with Gasteiger partial charge in [-0.3, -0.25) is 4.79 Å². The number of nitrogens with zero attached hydrogens (tertiary/aromatic N) is 1. The Labute approximate surface area is 96.3 Å². The van der Waals surface area contributed by atoms with E-state index in [9.17, 15) is 9.18 Å². The molecule has 0 amide bonds. The summed E-state index contributed by atoms with van der Waals surface area (Å²) in [4.78, 5) is 18.1. The van der Waals surface area contributed by atoms with Crippen molar-refractivity contribution in [3.8, 4) is 0 Å². The summed E-state index contributed by atoms with van der Waals surface area (Å²) >= 11 is 5.61. The molecule has 0 saturated heterocycles. The number of aromatic amines is 1. The van der Waals surface area contributed by atoms with Crippen LogP contribution in [0.1, 0.15) is 16.2 Å². The molecule has 16 heavy (non-hydrogen) atoms. The fourth-order valence-electron chi connectivity index (χ4n) is 1.34. The van der Waals surface area contributed by atoms with Gasteiger partial charge in [0.2, 0.25) is 5.78 Å². The number of imidazole rings is 1. The summed E-state index contributed by atoms with van der Waals surface area (Å²) in [6, 6.07) is 4.24. The monoisotopic (exact) mass is 238 g/mol. The molecular formula is C11H8ClFN2O. The van der Waals surface area contributed by atoms with E-state index in [1.54, 1.807) is 12.3 Å². The van der Waals surface area contributed by atoms with Gasteiger partial charge in [0.25, 0.3) is 0 Å². The van der Waals surface area contributed by atoms with E-state index in [4.69, 9.17) is 11.6 Å². The number of carbonyl (C=O) groups excluding carboxylic acids is 1. The van der Waals surface area contributed by atoms with Crippen LogP contribution >= 0.6 is 11.6 Å². The molecule has 0 fully saturated rings. The first-order valence-electron chi connectivity index (χ1n) is 4.63. The molecule has 0 radical (unpaired) electrons. The standard InChI is InChI=1S/C11H8ClFN2O/c12-8-2-1-7(9(13)6-8)5-10(16)11-14-3-4-15-11/h1-4,6H,5H2,(H,14,15). The van der Waals surface area contributed by atoms with Crippen LogP contribution in [-0.4, -0.2) is 15.8 Å². The minimum Gasteiger partial charge on any atom is -0.342 e. The van der Waals surface area contributed by atoms with Crippen molar-refractivity contribution in [1.82, 2.24) is 9.97 Å². The summed E-state index contributed by atoms with van der Waals surface area (Å²) in [7, 11) is 0. The van der Waals surface area contributed by atoms with Gasteiger partial charge in [0.1, 0.15) is 5.82 Å². The normalized spacial score (nSPS) is 10.4. The third-order valence-corrected chi connectivity index (χ3v) is 2.36. The van der Waals surface area contributed by atoms with E-state index in [0.29, 0.717) is 10.6 Å². The van der Waals surface area contributed by atoms with E-state index in [1.165, 1.54) is 18.3 Å². The Morgan fingerprint density at radius 1 is 1.50 bits per heavy atom. The maximum Gasteiger partial charge on any atom is 0.202 e. The van der Waals surface area contributed by atoms with Crippen LogP contribution in [-0.2, 0) is 6.42 Å². The van der Waals surface area contributed by atoms with Crippen molar-refractivity contribution in [3.63, 3.8) is 0 Å². The summed E-state index contributed by atoms with van der Waals surface area (Å²) in [6.07, 6.45) is 2.99. The highest BCUT2D eigenvalue weighted by Gasteiger charge is 2.12. The Morgan fingerprint density at radius 2 is 2.31 bits per heavy atom. The zero-order valence-electron chi connectivity index (χ0n) is 8.21. The Morgan fingerprint density at radius 3 is 2.94 bits per heavy atom. The molecular weight excluding hydrogens is 231 g/mol. The Kier molecular flexibility index (Phi) is 3.01. The number of ketones is 1. The second kappa shape index (κ2) is 4.45. The van der Waals surface area contributed by atoms with E-state index >= 15 is 0 Å². The van der Waals surface area contributed by atoms with Gasteiger partial charge in [0.05, 0.1) is 0 Å². The largest absolute Gasteiger partial charge is 0.342 e. The average molecular weight is 239 g/mol. The highest BCUT2D eigenvalue weighted by atomic mass is 35.5. The van der Waals surface area contributed by atoms with Gasteiger partial charge in [-0.25, -0.2) is 9.37 Å². The summed E-state index contributed by atoms with van der Waals surface area (Å²) in [6.45, 7) is 0. The molecule has 82 valence electrons. The van der Waals surface area contributed by atoms with Crippen LogP contribution in [0.3, 0.4) is 0 Å². The molecule has 0 saturated carbocycles. The van der Waals surface area contributed by atoms with Gasteiger partial charge in [-0.2, -0.15) is 0 Å². The molecule has 1 aromatic heterocycles. The zero-order chi connectivity index (χ0) is 11.5. The first-order chi connectivity index (χ1) is 7.66. The topological polar surface area (TPSA) is 45.8 Å². The third kappa shape index (κ3) is 2.28. The fraction of sp³-hybridized carbons (Fsp3) is 0.0909. The SMILES string of the molecule is O=C(Cc1ccc(Cl)cc1F)c1ncc[nH]1. The summed E-state index contributed by atoms with van der Waals surface area (Å²) in [5, 5.41) is 0.312. The van der Waals surface area contributed by atoms with Crippen LogP contribution in [0.5, 0.6) is 0 Å². The number of rotatable bonds is 3. The van der Waals surface area contributed by atoms with Gasteiger partial charge >= 0.3 is 0 Å². The van der Waals surface area contributed by atoms with Gasteiger partial charge in [-0.1, -0.05) is 17.7 Å². The van der Waals surface area contributed by atoms with Gasteiger partial charge in [-0.15, -0.1) is 0 Å². The summed E-state index contributed by atoms with van der Waals surface area (Å²) in [5.74, 6) is -0.507. The maximum atomic E-state index is 13.4. The number of carbonyl (C=O) groups is 1. The lowest BCUT2D eigenvalue weighted by Gasteiger charge is -2.01. The van der Waals surface area contributed by atoms with E-state index in [0.717, 1.165) is 0 Å². The van der Waals surface area contributed by atoms with Crippen molar-refractivity contribution in [2.24, 2.45) is 0 Å². The van der Waals surface area contributed by atoms with E-state index in [-0.39, 0.29) is 18.0 Å². The minimum absolute atomic E-state index is 0.0312. The first kappa shape index (κ1) is 10.8. The van der Waals surface area contributed by atoms with E-state index in [1.807, 2.05) is 0 Å². The van der Waals surface area contributed by atoms with Crippen molar-refractivity contribution < 1.29 is 9.18 Å². The molecule has 5 heteroatoms. The molecule has 0 spiro atoms. The van der Waals surface area contributed by atoms with E-state index < -0.39 is 5.82 Å². The summed E-state index contributed by atoms with van der Waals surface area (Å²) < 4.78 is 13.4. The summed E-state index contributed by atoms with van der Waals surface area (Å²) in [5.41, 5.74) is 0.311. The van der Waals surface area contributed by atoms with E-state index in [2.05, 4.69) is 9.97 Å². The second-order valence-electron chi connectivity index (χ2n) is 3.27. The molecule has 0 atom stereocenters. The predicted molar refractivity (Wildman–Crippen MR) is 58.0 cm³/mol. The lowest BCUT2D eigenvalue weighted by Crippen LogP contribution is -2.07. The molecule has 1 heterocycles. The number of Topliss-reactive ketones (excluding diaryl/α,β-unsaturated/α-hetero) is 1. The van der Waals surface area contributed by atoms with Crippen molar-refractivity contribution in [2.75, 3.05) is 0 Å². The number of hydrogen-bond donors (Lipinski definition) is 1. The van der Waals surface area contributed by atoms with Gasteiger partial charge in [-0.05, 0) is 17.7 Å². The molecule has 1 N–H and O–H groups in total.